The van der Waals surface area contributed by atoms with E-state index in [1.54, 1.807) is 0 Å². The first kappa shape index (κ1) is 12.7. The van der Waals surface area contributed by atoms with E-state index >= 15 is 0 Å². The van der Waals surface area contributed by atoms with Gasteiger partial charge in [-0.05, 0) is 12.1 Å². The van der Waals surface area contributed by atoms with E-state index in [0.29, 0.717) is 11.3 Å². The van der Waals surface area contributed by atoms with Crippen LogP contribution in [0.15, 0.2) is 24.3 Å². The maximum absolute atomic E-state index is 10.7. The number of ether oxygens (including phenoxy) is 1. The lowest BCUT2D eigenvalue weighted by Gasteiger charge is -2.01. The van der Waals surface area contributed by atoms with Gasteiger partial charge in [-0.3, -0.25) is 14.9 Å². The number of benzene rings is 1. The average Bonchev–Trinajstić information content (AvgIpc) is 2.28. The minimum atomic E-state index is -0.994. The Kier molecular flexibility index (Phi) is 4.21. The summed E-state index contributed by atoms with van der Waals surface area (Å²) >= 11 is 0. The molecule has 1 aromatic carbocycles. The molecule has 17 heavy (non-hydrogen) atoms. The zero-order valence-corrected chi connectivity index (χ0v) is 9.12. The van der Waals surface area contributed by atoms with Gasteiger partial charge in [0.25, 0.3) is 5.69 Å². The van der Waals surface area contributed by atoms with Crippen molar-refractivity contribution < 1.29 is 19.6 Å². The summed E-state index contributed by atoms with van der Waals surface area (Å²) in [6.07, 6.45) is 2.56. The van der Waals surface area contributed by atoms with E-state index in [1.807, 2.05) is 0 Å². The maximum atomic E-state index is 10.7. The largest absolute Gasteiger partial charge is 0.497 e. The molecule has 0 atom stereocenters. The van der Waals surface area contributed by atoms with Crippen molar-refractivity contribution in [3.63, 3.8) is 0 Å². The molecule has 0 aliphatic rings. The second-order valence-corrected chi connectivity index (χ2v) is 3.18. The number of carboxylic acids is 1. The van der Waals surface area contributed by atoms with Gasteiger partial charge in [0.2, 0.25) is 0 Å². The summed E-state index contributed by atoms with van der Waals surface area (Å²) in [5, 5.41) is 19.2. The highest BCUT2D eigenvalue weighted by atomic mass is 16.6. The van der Waals surface area contributed by atoms with E-state index in [4.69, 9.17) is 9.84 Å². The van der Waals surface area contributed by atoms with Crippen LogP contribution in [0, 0.1) is 10.1 Å². The van der Waals surface area contributed by atoms with Crippen molar-refractivity contribution >= 4 is 17.7 Å². The van der Waals surface area contributed by atoms with Gasteiger partial charge in [-0.2, -0.15) is 0 Å². The molecule has 0 radical (unpaired) electrons. The summed E-state index contributed by atoms with van der Waals surface area (Å²) in [5.41, 5.74) is 0.225. The fourth-order valence-electron chi connectivity index (χ4n) is 1.25. The number of methoxy groups -OCH3 is 1. The monoisotopic (exact) mass is 237 g/mol. The van der Waals surface area contributed by atoms with Crippen LogP contribution in [-0.2, 0) is 4.79 Å². The Morgan fingerprint density at radius 2 is 2.29 bits per heavy atom. The van der Waals surface area contributed by atoms with E-state index < -0.39 is 10.9 Å². The van der Waals surface area contributed by atoms with Crippen molar-refractivity contribution in [2.24, 2.45) is 0 Å². The van der Waals surface area contributed by atoms with Crippen LogP contribution in [0.5, 0.6) is 5.75 Å². The van der Waals surface area contributed by atoms with Crippen LogP contribution in [0.4, 0.5) is 5.69 Å². The summed E-state index contributed by atoms with van der Waals surface area (Å²) < 4.78 is 4.94. The number of carbonyl (C=O) groups is 1. The third-order valence-electron chi connectivity index (χ3n) is 2.02. The van der Waals surface area contributed by atoms with Gasteiger partial charge in [0.05, 0.1) is 24.0 Å². The molecule has 0 amide bonds. The van der Waals surface area contributed by atoms with E-state index in [2.05, 4.69) is 0 Å². The molecule has 1 N–H and O–H groups in total. The molecule has 0 spiro atoms. The molecule has 0 saturated heterocycles. The van der Waals surface area contributed by atoms with Gasteiger partial charge in [0, 0.05) is 6.07 Å². The minimum absolute atomic E-state index is 0.0903. The minimum Gasteiger partial charge on any atom is -0.497 e. The maximum Gasteiger partial charge on any atom is 0.307 e. The van der Waals surface area contributed by atoms with E-state index in [9.17, 15) is 14.9 Å². The number of hydrogen-bond acceptors (Lipinski definition) is 4. The lowest BCUT2D eigenvalue weighted by Crippen LogP contribution is -1.93. The highest BCUT2D eigenvalue weighted by Gasteiger charge is 2.12. The molecule has 0 saturated carbocycles. The normalized spacial score (nSPS) is 10.4. The molecule has 0 aromatic heterocycles. The predicted molar refractivity (Wildman–Crippen MR) is 60.9 cm³/mol. The summed E-state index contributed by atoms with van der Waals surface area (Å²) in [7, 11) is 1.45. The zero-order valence-electron chi connectivity index (χ0n) is 9.12. The second kappa shape index (κ2) is 5.64. The molecule has 0 aliphatic carbocycles. The van der Waals surface area contributed by atoms with Gasteiger partial charge in [0.1, 0.15) is 5.75 Å². The van der Waals surface area contributed by atoms with Crippen LogP contribution in [0.2, 0.25) is 0 Å². The molecule has 0 aliphatic heterocycles. The van der Waals surface area contributed by atoms with Crippen LogP contribution in [0.25, 0.3) is 6.08 Å². The molecule has 6 nitrogen and oxygen atoms in total. The first-order valence-electron chi connectivity index (χ1n) is 4.75. The Labute approximate surface area is 97.3 Å². The molecule has 0 heterocycles. The Morgan fingerprint density at radius 3 is 2.82 bits per heavy atom. The molecule has 6 heteroatoms. The summed E-state index contributed by atoms with van der Waals surface area (Å²) in [4.78, 5) is 20.5. The van der Waals surface area contributed by atoms with Crippen LogP contribution in [0.1, 0.15) is 12.0 Å². The zero-order chi connectivity index (χ0) is 12.8. The molecule has 0 unspecified atom stereocenters. The highest BCUT2D eigenvalue weighted by Crippen LogP contribution is 2.25. The average molecular weight is 237 g/mol. The Balaban J connectivity index is 3.04. The van der Waals surface area contributed by atoms with Crippen LogP contribution in [0.3, 0.4) is 0 Å². The molecule has 0 bridgehead atoms. The quantitative estimate of drug-likeness (QED) is 0.625. The molecule has 90 valence electrons. The third kappa shape index (κ3) is 3.60. The van der Waals surface area contributed by atoms with Crippen molar-refractivity contribution in [1.29, 1.82) is 0 Å². The van der Waals surface area contributed by atoms with Gasteiger partial charge in [-0.1, -0.05) is 12.2 Å². The number of aliphatic carboxylic acids is 1. The molecule has 1 rings (SSSR count). The summed E-state index contributed by atoms with van der Waals surface area (Å²) in [6.45, 7) is 0. The van der Waals surface area contributed by atoms with Crippen molar-refractivity contribution in [3.05, 3.63) is 40.0 Å². The smallest absolute Gasteiger partial charge is 0.307 e. The first-order chi connectivity index (χ1) is 8.04. The fourth-order valence-corrected chi connectivity index (χ4v) is 1.25. The highest BCUT2D eigenvalue weighted by molar-refractivity contribution is 5.71. The van der Waals surface area contributed by atoms with Gasteiger partial charge >= 0.3 is 5.97 Å². The number of nitrogens with zero attached hydrogens (tertiary/aromatic N) is 1. The van der Waals surface area contributed by atoms with E-state index in [0.717, 1.165) is 0 Å². The lowest BCUT2D eigenvalue weighted by molar-refractivity contribution is -0.385. The SMILES string of the molecule is COc1ccc([N+](=O)[O-])c(C=CCC(=O)O)c1. The first-order valence-corrected chi connectivity index (χ1v) is 4.75. The Hall–Kier alpha value is -2.37. The van der Waals surface area contributed by atoms with E-state index in [1.165, 1.54) is 37.5 Å². The van der Waals surface area contributed by atoms with E-state index in [-0.39, 0.29) is 12.1 Å². The van der Waals surface area contributed by atoms with Gasteiger partial charge in [-0.15, -0.1) is 0 Å². The summed E-state index contributed by atoms with van der Waals surface area (Å²) in [5.74, 6) is -0.516. The Bertz CT molecular complexity index is 467. The molecular weight excluding hydrogens is 226 g/mol. The third-order valence-corrected chi connectivity index (χ3v) is 2.02. The number of nitro groups is 1. The van der Waals surface area contributed by atoms with Gasteiger partial charge in [-0.25, -0.2) is 0 Å². The fraction of sp³-hybridized carbons (Fsp3) is 0.182. The van der Waals surface area contributed by atoms with Gasteiger partial charge < -0.3 is 9.84 Å². The van der Waals surface area contributed by atoms with Crippen LogP contribution >= 0.6 is 0 Å². The van der Waals surface area contributed by atoms with Crippen LogP contribution < -0.4 is 4.74 Å². The predicted octanol–water partition coefficient (Wildman–Crippen LogP) is 2.09. The second-order valence-electron chi connectivity index (χ2n) is 3.18. The molecular formula is C11H11NO5. The molecule has 1 aromatic rings. The number of rotatable bonds is 5. The van der Waals surface area contributed by atoms with Crippen LogP contribution in [-0.4, -0.2) is 23.1 Å². The number of carboxylic acid groups (broad SMARTS) is 1. The topological polar surface area (TPSA) is 89.7 Å². The number of hydrogen-bond donors (Lipinski definition) is 1. The lowest BCUT2D eigenvalue weighted by atomic mass is 10.1. The standard InChI is InChI=1S/C11H11NO5/c1-17-9-5-6-10(12(15)16)8(7-9)3-2-4-11(13)14/h2-3,5-7H,4H2,1H3,(H,13,14). The number of nitro benzene ring substituents is 1. The molecule has 0 fully saturated rings. The van der Waals surface area contributed by atoms with Crippen molar-refractivity contribution in [3.8, 4) is 5.75 Å². The summed E-state index contributed by atoms with van der Waals surface area (Å²) in [6, 6.07) is 4.28. The van der Waals surface area contributed by atoms with Crippen molar-refractivity contribution in [1.82, 2.24) is 0 Å². The Morgan fingerprint density at radius 1 is 1.59 bits per heavy atom. The van der Waals surface area contributed by atoms with Crippen molar-refractivity contribution in [2.45, 2.75) is 6.42 Å². The van der Waals surface area contributed by atoms with Crippen molar-refractivity contribution in [2.75, 3.05) is 7.11 Å². The van der Waals surface area contributed by atoms with Gasteiger partial charge in [0.15, 0.2) is 0 Å².